The van der Waals surface area contributed by atoms with Crippen molar-refractivity contribution in [2.45, 2.75) is 65.0 Å². The standard InChI is InChI=1S/C22H24ClN5O2.C13H18O2/c23-15-6-7-20-18(14-15)25-22(30)28(20)16-8-12-26(13-9-16)10-3-11-27-19-5-2-1-4-17(19)24-21(27)29;1-9(2)8-11-4-6-12(7-5-11)10(3)13(14)15/h1-2,4-7,14,16H,3,8-13H2,(H,24,29)(H,25,30);4-7,9-10H,8H2,1-3H3,(H,14,15). The Morgan fingerprint density at radius 1 is 0.889 bits per heavy atom. The zero-order chi connectivity index (χ0) is 32.1. The number of carbonyl (C=O) groups is 1. The lowest BCUT2D eigenvalue weighted by atomic mass is 9.97. The monoisotopic (exact) mass is 631 g/mol. The number of rotatable bonds is 9. The summed E-state index contributed by atoms with van der Waals surface area (Å²) in [4.78, 5) is 43.7. The summed E-state index contributed by atoms with van der Waals surface area (Å²) >= 11 is 6.05. The second-order valence-electron chi connectivity index (χ2n) is 12.4. The molecule has 45 heavy (non-hydrogen) atoms. The quantitative estimate of drug-likeness (QED) is 0.173. The van der Waals surface area contributed by atoms with E-state index >= 15 is 0 Å². The Bertz CT molecular complexity index is 1860. The van der Waals surface area contributed by atoms with Gasteiger partial charge in [-0.2, -0.15) is 0 Å². The van der Waals surface area contributed by atoms with Gasteiger partial charge in [0.05, 0.1) is 28.0 Å². The smallest absolute Gasteiger partial charge is 0.326 e. The number of aliphatic carboxylic acids is 1. The number of aromatic amines is 2. The van der Waals surface area contributed by atoms with Crippen LogP contribution in [0.4, 0.5) is 0 Å². The topological polar surface area (TPSA) is 116 Å². The molecule has 0 bridgehead atoms. The largest absolute Gasteiger partial charge is 0.481 e. The number of imidazole rings is 2. The van der Waals surface area contributed by atoms with Gasteiger partial charge in [0.15, 0.2) is 0 Å². The summed E-state index contributed by atoms with van der Waals surface area (Å²) in [6.07, 6.45) is 3.82. The third-order valence-electron chi connectivity index (χ3n) is 8.63. The first kappa shape index (κ1) is 32.3. The first-order valence-corrected chi connectivity index (χ1v) is 16.1. The number of H-pyrrole nitrogens is 2. The van der Waals surface area contributed by atoms with Gasteiger partial charge in [0, 0.05) is 30.7 Å². The van der Waals surface area contributed by atoms with E-state index in [0.29, 0.717) is 17.5 Å². The van der Waals surface area contributed by atoms with Crippen molar-refractivity contribution in [2.24, 2.45) is 5.92 Å². The van der Waals surface area contributed by atoms with Gasteiger partial charge in [0.1, 0.15) is 0 Å². The Morgan fingerprint density at radius 2 is 1.58 bits per heavy atom. The molecule has 6 rings (SSSR count). The second-order valence-corrected chi connectivity index (χ2v) is 12.8. The maximum absolute atomic E-state index is 12.5. The number of hydrogen-bond acceptors (Lipinski definition) is 4. The van der Waals surface area contributed by atoms with E-state index in [1.165, 1.54) is 5.56 Å². The van der Waals surface area contributed by atoms with Crippen molar-refractivity contribution in [1.29, 1.82) is 0 Å². The van der Waals surface area contributed by atoms with Gasteiger partial charge in [-0.1, -0.05) is 61.8 Å². The summed E-state index contributed by atoms with van der Waals surface area (Å²) in [5.74, 6) is -0.558. The van der Waals surface area contributed by atoms with Gasteiger partial charge >= 0.3 is 17.3 Å². The molecule has 1 fully saturated rings. The van der Waals surface area contributed by atoms with Crippen LogP contribution in [0.1, 0.15) is 63.1 Å². The fourth-order valence-corrected chi connectivity index (χ4v) is 6.38. The summed E-state index contributed by atoms with van der Waals surface area (Å²) < 4.78 is 3.70. The SMILES string of the molecule is CC(C)Cc1ccc(C(C)C(=O)O)cc1.O=c1[nH]c2ccccc2n1CCCN1CCC(n2c(=O)[nH]c3cc(Cl)ccc32)CC1. The number of likely N-dealkylation sites (tertiary alicyclic amines) is 1. The summed E-state index contributed by atoms with van der Waals surface area (Å²) in [5.41, 5.74) is 5.58. The Labute approximate surface area is 267 Å². The number of aromatic nitrogens is 4. The molecule has 9 nitrogen and oxygen atoms in total. The first-order chi connectivity index (χ1) is 21.6. The second kappa shape index (κ2) is 14.3. The van der Waals surface area contributed by atoms with Crippen molar-refractivity contribution in [3.05, 3.63) is 104 Å². The lowest BCUT2D eigenvalue weighted by Crippen LogP contribution is -2.37. The molecule has 3 heterocycles. The van der Waals surface area contributed by atoms with Gasteiger partial charge in [-0.15, -0.1) is 0 Å². The highest BCUT2D eigenvalue weighted by Crippen LogP contribution is 2.26. The zero-order valence-electron chi connectivity index (χ0n) is 26.1. The van der Waals surface area contributed by atoms with Crippen LogP contribution in [0.25, 0.3) is 22.1 Å². The Kier molecular flexibility index (Phi) is 10.3. The fraction of sp³-hybridized carbons (Fsp3) is 0.400. The van der Waals surface area contributed by atoms with Crippen LogP contribution in [0.2, 0.25) is 5.02 Å². The number of nitrogens with zero attached hydrogens (tertiary/aromatic N) is 3. The molecule has 1 unspecified atom stereocenters. The van der Waals surface area contributed by atoms with Gasteiger partial charge in [-0.3, -0.25) is 13.9 Å². The molecule has 0 saturated carbocycles. The number of aryl methyl sites for hydroxylation is 1. The highest BCUT2D eigenvalue weighted by atomic mass is 35.5. The normalized spacial score (nSPS) is 15.0. The molecule has 238 valence electrons. The Hall–Kier alpha value is -4.08. The molecule has 3 aromatic carbocycles. The Morgan fingerprint density at radius 3 is 2.27 bits per heavy atom. The van der Waals surface area contributed by atoms with Crippen molar-refractivity contribution in [1.82, 2.24) is 24.0 Å². The molecule has 5 aromatic rings. The molecule has 1 aliphatic heterocycles. The van der Waals surface area contributed by atoms with E-state index < -0.39 is 11.9 Å². The van der Waals surface area contributed by atoms with Crippen molar-refractivity contribution in [2.75, 3.05) is 19.6 Å². The molecule has 0 radical (unpaired) electrons. The average molecular weight is 632 g/mol. The number of carboxylic acids is 1. The Balaban J connectivity index is 0.000000226. The zero-order valence-corrected chi connectivity index (χ0v) is 26.9. The van der Waals surface area contributed by atoms with Gasteiger partial charge in [0.25, 0.3) is 0 Å². The molecule has 3 N–H and O–H groups in total. The number of benzene rings is 3. The minimum absolute atomic E-state index is 0.0475. The predicted octanol–water partition coefficient (Wildman–Crippen LogP) is 6.43. The number of fused-ring (bicyclic) bond motifs is 2. The molecular weight excluding hydrogens is 590 g/mol. The summed E-state index contributed by atoms with van der Waals surface area (Å²) in [7, 11) is 0. The van der Waals surface area contributed by atoms with Crippen molar-refractivity contribution < 1.29 is 9.90 Å². The molecule has 2 aromatic heterocycles. The summed E-state index contributed by atoms with van der Waals surface area (Å²) in [6, 6.07) is 21.4. The molecule has 0 spiro atoms. The molecule has 1 aliphatic rings. The van der Waals surface area contributed by atoms with E-state index in [-0.39, 0.29) is 17.4 Å². The summed E-state index contributed by atoms with van der Waals surface area (Å²) in [6.45, 7) is 9.59. The molecule has 1 atom stereocenters. The van der Waals surface area contributed by atoms with E-state index in [4.69, 9.17) is 16.7 Å². The van der Waals surface area contributed by atoms with Crippen molar-refractivity contribution >= 4 is 39.6 Å². The minimum Gasteiger partial charge on any atom is -0.481 e. The third-order valence-corrected chi connectivity index (χ3v) is 8.87. The summed E-state index contributed by atoms with van der Waals surface area (Å²) in [5, 5.41) is 9.48. The van der Waals surface area contributed by atoms with Gasteiger partial charge in [-0.05, 0) is 86.5 Å². The van der Waals surface area contributed by atoms with Crippen LogP contribution in [0.5, 0.6) is 0 Å². The van der Waals surface area contributed by atoms with Crippen LogP contribution in [-0.4, -0.2) is 54.7 Å². The van der Waals surface area contributed by atoms with Gasteiger partial charge in [0.2, 0.25) is 0 Å². The van der Waals surface area contributed by atoms with E-state index in [9.17, 15) is 14.4 Å². The molecular formula is C35H42ClN5O4. The maximum atomic E-state index is 12.5. The van der Waals surface area contributed by atoms with E-state index in [1.807, 2.05) is 69.8 Å². The maximum Gasteiger partial charge on any atom is 0.326 e. The highest BCUT2D eigenvalue weighted by molar-refractivity contribution is 6.31. The fourth-order valence-electron chi connectivity index (χ4n) is 6.20. The predicted molar refractivity (Wildman–Crippen MR) is 180 cm³/mol. The lowest BCUT2D eigenvalue weighted by Gasteiger charge is -2.32. The van der Waals surface area contributed by atoms with Crippen molar-refractivity contribution in [3.8, 4) is 0 Å². The minimum atomic E-state index is -0.772. The van der Waals surface area contributed by atoms with Crippen molar-refractivity contribution in [3.63, 3.8) is 0 Å². The van der Waals surface area contributed by atoms with Crippen LogP contribution in [0.15, 0.2) is 76.3 Å². The molecule has 10 heteroatoms. The number of carboxylic acid groups (broad SMARTS) is 1. The molecule has 1 saturated heterocycles. The number of piperidine rings is 1. The third kappa shape index (κ3) is 7.78. The highest BCUT2D eigenvalue weighted by Gasteiger charge is 2.23. The lowest BCUT2D eigenvalue weighted by molar-refractivity contribution is -0.138. The molecule has 0 amide bonds. The van der Waals surface area contributed by atoms with E-state index in [2.05, 4.69) is 28.7 Å². The number of halogens is 1. The first-order valence-electron chi connectivity index (χ1n) is 15.7. The van der Waals surface area contributed by atoms with Gasteiger partial charge in [-0.25, -0.2) is 9.59 Å². The van der Waals surface area contributed by atoms with Crippen LogP contribution in [0.3, 0.4) is 0 Å². The number of para-hydroxylation sites is 2. The van der Waals surface area contributed by atoms with Crippen LogP contribution < -0.4 is 11.4 Å². The number of nitrogens with one attached hydrogen (secondary N) is 2. The van der Waals surface area contributed by atoms with E-state index in [1.54, 1.807) is 13.0 Å². The van der Waals surface area contributed by atoms with E-state index in [0.717, 1.165) is 72.9 Å². The molecule has 0 aliphatic carbocycles. The van der Waals surface area contributed by atoms with Gasteiger partial charge < -0.3 is 20.0 Å². The van der Waals surface area contributed by atoms with Crippen LogP contribution in [0, 0.1) is 5.92 Å². The number of hydrogen-bond donors (Lipinski definition) is 3. The average Bonchev–Trinajstić information content (AvgIpc) is 3.51. The van der Waals surface area contributed by atoms with Crippen LogP contribution >= 0.6 is 11.6 Å². The van der Waals surface area contributed by atoms with Crippen LogP contribution in [-0.2, 0) is 17.8 Å².